The molecule has 0 fully saturated rings. The third-order valence-electron chi connectivity index (χ3n) is 3.65. The number of hydrogen-bond donors (Lipinski definition) is 1. The SMILES string of the molecule is CC[C@@H](NC(=O)CCc1ccnn1C)c1ncccc1C. The van der Waals surface area contributed by atoms with Gasteiger partial charge in [-0.15, -0.1) is 0 Å². The Morgan fingerprint density at radius 2 is 2.19 bits per heavy atom. The molecule has 0 unspecified atom stereocenters. The third kappa shape index (κ3) is 3.90. The van der Waals surface area contributed by atoms with Crippen LogP contribution in [0, 0.1) is 6.92 Å². The Balaban J connectivity index is 1.94. The van der Waals surface area contributed by atoms with Crippen LogP contribution in [0.3, 0.4) is 0 Å². The lowest BCUT2D eigenvalue weighted by Gasteiger charge is -2.18. The lowest BCUT2D eigenvalue weighted by molar-refractivity contribution is -0.121. The second kappa shape index (κ2) is 7.02. The molecule has 2 heterocycles. The van der Waals surface area contributed by atoms with Gasteiger partial charge >= 0.3 is 0 Å². The fraction of sp³-hybridized carbons (Fsp3) is 0.438. The summed E-state index contributed by atoms with van der Waals surface area (Å²) in [4.78, 5) is 16.5. The molecule has 112 valence electrons. The molecule has 5 heteroatoms. The lowest BCUT2D eigenvalue weighted by atomic mass is 10.1. The number of aryl methyl sites for hydroxylation is 3. The van der Waals surface area contributed by atoms with Crippen molar-refractivity contribution < 1.29 is 4.79 Å². The highest BCUT2D eigenvalue weighted by Gasteiger charge is 2.16. The molecule has 0 saturated carbocycles. The minimum atomic E-state index is -0.0229. The molecule has 1 N–H and O–H groups in total. The van der Waals surface area contributed by atoms with Crippen LogP contribution < -0.4 is 5.32 Å². The summed E-state index contributed by atoms with van der Waals surface area (Å²) in [6.07, 6.45) is 5.50. The molecule has 0 spiro atoms. The summed E-state index contributed by atoms with van der Waals surface area (Å²) in [6, 6.07) is 5.85. The maximum absolute atomic E-state index is 12.1. The van der Waals surface area contributed by atoms with Gasteiger partial charge in [0.25, 0.3) is 0 Å². The first kappa shape index (κ1) is 15.2. The fourth-order valence-electron chi connectivity index (χ4n) is 2.38. The molecule has 0 aliphatic carbocycles. The lowest BCUT2D eigenvalue weighted by Crippen LogP contribution is -2.29. The van der Waals surface area contributed by atoms with E-state index in [4.69, 9.17) is 0 Å². The van der Waals surface area contributed by atoms with Gasteiger partial charge in [0.15, 0.2) is 0 Å². The molecule has 2 aromatic rings. The average Bonchev–Trinajstić information content (AvgIpc) is 2.89. The van der Waals surface area contributed by atoms with E-state index in [-0.39, 0.29) is 11.9 Å². The van der Waals surface area contributed by atoms with Gasteiger partial charge in [0.1, 0.15) is 0 Å². The van der Waals surface area contributed by atoms with Crippen molar-refractivity contribution in [3.8, 4) is 0 Å². The van der Waals surface area contributed by atoms with Crippen molar-refractivity contribution >= 4 is 5.91 Å². The minimum absolute atomic E-state index is 0.0229. The van der Waals surface area contributed by atoms with Gasteiger partial charge in [0.2, 0.25) is 5.91 Å². The number of rotatable bonds is 6. The van der Waals surface area contributed by atoms with Crippen LogP contribution in [0.1, 0.15) is 42.8 Å². The maximum Gasteiger partial charge on any atom is 0.220 e. The van der Waals surface area contributed by atoms with Gasteiger partial charge in [-0.3, -0.25) is 14.5 Å². The van der Waals surface area contributed by atoms with Crippen molar-refractivity contribution in [1.29, 1.82) is 0 Å². The number of nitrogens with zero attached hydrogens (tertiary/aromatic N) is 3. The standard InChI is InChI=1S/C16H22N4O/c1-4-14(16-12(2)6-5-10-17-16)19-15(21)8-7-13-9-11-18-20(13)3/h5-6,9-11,14H,4,7-8H2,1-3H3,(H,19,21)/t14-/m1/s1. The topological polar surface area (TPSA) is 59.8 Å². The van der Waals surface area contributed by atoms with Gasteiger partial charge in [-0.25, -0.2) is 0 Å². The summed E-state index contributed by atoms with van der Waals surface area (Å²) in [5.41, 5.74) is 3.12. The van der Waals surface area contributed by atoms with Crippen molar-refractivity contribution in [3.63, 3.8) is 0 Å². The van der Waals surface area contributed by atoms with Gasteiger partial charge in [-0.05, 0) is 37.5 Å². The second-order valence-corrected chi connectivity index (χ2v) is 5.18. The van der Waals surface area contributed by atoms with E-state index >= 15 is 0 Å². The molecule has 0 aliphatic rings. The van der Waals surface area contributed by atoms with Gasteiger partial charge < -0.3 is 5.32 Å². The zero-order valence-electron chi connectivity index (χ0n) is 12.8. The molecule has 1 atom stereocenters. The van der Waals surface area contributed by atoms with Crippen LogP contribution in [0.4, 0.5) is 0 Å². The predicted octanol–water partition coefficient (Wildman–Crippen LogP) is 2.32. The Labute approximate surface area is 125 Å². The van der Waals surface area contributed by atoms with Crippen LogP contribution in [0.15, 0.2) is 30.6 Å². The highest BCUT2D eigenvalue weighted by Crippen LogP contribution is 2.17. The van der Waals surface area contributed by atoms with Crippen LogP contribution in [0.5, 0.6) is 0 Å². The van der Waals surface area contributed by atoms with E-state index in [0.29, 0.717) is 12.8 Å². The minimum Gasteiger partial charge on any atom is -0.348 e. The quantitative estimate of drug-likeness (QED) is 0.886. The Hall–Kier alpha value is -2.17. The molecule has 21 heavy (non-hydrogen) atoms. The normalized spacial score (nSPS) is 12.1. The van der Waals surface area contributed by atoms with Crippen molar-refractivity contribution in [2.24, 2.45) is 7.05 Å². The maximum atomic E-state index is 12.1. The largest absolute Gasteiger partial charge is 0.348 e. The summed E-state index contributed by atoms with van der Waals surface area (Å²) in [5, 5.41) is 7.18. The van der Waals surface area contributed by atoms with Crippen LogP contribution in [0.2, 0.25) is 0 Å². The molecule has 0 saturated heterocycles. The smallest absolute Gasteiger partial charge is 0.220 e. The van der Waals surface area contributed by atoms with Crippen molar-refractivity contribution in [2.75, 3.05) is 0 Å². The molecule has 0 radical (unpaired) electrons. The first-order valence-corrected chi connectivity index (χ1v) is 7.29. The number of pyridine rings is 1. The molecule has 2 aromatic heterocycles. The number of hydrogen-bond acceptors (Lipinski definition) is 3. The first-order valence-electron chi connectivity index (χ1n) is 7.29. The molecule has 0 aliphatic heterocycles. The molecule has 0 bridgehead atoms. The van der Waals surface area contributed by atoms with E-state index in [9.17, 15) is 4.79 Å². The highest BCUT2D eigenvalue weighted by atomic mass is 16.1. The number of nitrogens with one attached hydrogen (secondary N) is 1. The van der Waals surface area contributed by atoms with Gasteiger partial charge in [-0.2, -0.15) is 5.10 Å². The Morgan fingerprint density at radius 3 is 2.81 bits per heavy atom. The monoisotopic (exact) mass is 286 g/mol. The van der Waals surface area contributed by atoms with E-state index in [1.165, 1.54) is 0 Å². The fourth-order valence-corrected chi connectivity index (χ4v) is 2.38. The molecule has 5 nitrogen and oxygen atoms in total. The van der Waals surface area contributed by atoms with Crippen LogP contribution in [-0.4, -0.2) is 20.7 Å². The first-order chi connectivity index (χ1) is 10.1. The molecule has 0 aromatic carbocycles. The van der Waals surface area contributed by atoms with E-state index in [2.05, 4.69) is 22.3 Å². The van der Waals surface area contributed by atoms with Gasteiger partial charge in [0, 0.05) is 31.6 Å². The van der Waals surface area contributed by atoms with Gasteiger partial charge in [0.05, 0.1) is 11.7 Å². The predicted molar refractivity (Wildman–Crippen MR) is 81.7 cm³/mol. The Morgan fingerprint density at radius 1 is 1.38 bits per heavy atom. The van der Waals surface area contributed by atoms with Crippen molar-refractivity contribution in [2.45, 2.75) is 39.2 Å². The van der Waals surface area contributed by atoms with Crippen molar-refractivity contribution in [1.82, 2.24) is 20.1 Å². The summed E-state index contributed by atoms with van der Waals surface area (Å²) < 4.78 is 1.80. The van der Waals surface area contributed by atoms with Crippen LogP contribution in [0.25, 0.3) is 0 Å². The zero-order valence-corrected chi connectivity index (χ0v) is 12.8. The van der Waals surface area contributed by atoms with E-state index in [0.717, 1.165) is 23.4 Å². The molecular formula is C16H22N4O. The van der Waals surface area contributed by atoms with Gasteiger partial charge in [-0.1, -0.05) is 13.0 Å². The van der Waals surface area contributed by atoms with E-state index < -0.39 is 0 Å². The summed E-state index contributed by atoms with van der Waals surface area (Å²) in [5.74, 6) is 0.0492. The Kier molecular flexibility index (Phi) is 5.09. The van der Waals surface area contributed by atoms with E-state index in [1.54, 1.807) is 17.1 Å². The van der Waals surface area contributed by atoms with Crippen LogP contribution >= 0.6 is 0 Å². The average molecular weight is 286 g/mol. The number of carbonyl (C=O) groups excluding carboxylic acids is 1. The molecule has 2 rings (SSSR count). The summed E-state index contributed by atoms with van der Waals surface area (Å²) in [6.45, 7) is 4.08. The van der Waals surface area contributed by atoms with Crippen molar-refractivity contribution in [3.05, 3.63) is 47.5 Å². The summed E-state index contributed by atoms with van der Waals surface area (Å²) >= 11 is 0. The molecule has 1 amide bonds. The molecular weight excluding hydrogens is 264 g/mol. The van der Waals surface area contributed by atoms with E-state index in [1.807, 2.05) is 32.2 Å². The summed E-state index contributed by atoms with van der Waals surface area (Å²) in [7, 11) is 1.89. The third-order valence-corrected chi connectivity index (χ3v) is 3.65. The number of amides is 1. The second-order valence-electron chi connectivity index (χ2n) is 5.18. The number of aromatic nitrogens is 3. The van der Waals surface area contributed by atoms with Crippen LogP contribution in [-0.2, 0) is 18.3 Å². The highest BCUT2D eigenvalue weighted by molar-refractivity contribution is 5.76. The zero-order chi connectivity index (χ0) is 15.2. The Bertz CT molecular complexity index is 606. The number of carbonyl (C=O) groups is 1.